The first-order valence-electron chi connectivity index (χ1n) is 15.0. The zero-order valence-corrected chi connectivity index (χ0v) is 27.8. The third-order valence-corrected chi connectivity index (χ3v) is 7.45. The van der Waals surface area contributed by atoms with Crippen LogP contribution in [0.5, 0.6) is 23.0 Å². The van der Waals surface area contributed by atoms with E-state index >= 15 is 0 Å². The van der Waals surface area contributed by atoms with E-state index in [1.165, 1.54) is 0 Å². The van der Waals surface area contributed by atoms with Crippen molar-refractivity contribution >= 4 is 5.97 Å². The molecule has 0 amide bonds. The van der Waals surface area contributed by atoms with Gasteiger partial charge in [-0.05, 0) is 62.4 Å². The Bertz CT molecular complexity index is 2030. The zero-order chi connectivity index (χ0) is 34.5. The fourth-order valence-electron chi connectivity index (χ4n) is 5.24. The second-order valence-electron chi connectivity index (χ2n) is 10.5. The predicted octanol–water partition coefficient (Wildman–Crippen LogP) is 5.28. The van der Waals surface area contributed by atoms with Gasteiger partial charge in [-0.3, -0.25) is 9.13 Å². The van der Waals surface area contributed by atoms with Gasteiger partial charge in [0.15, 0.2) is 29.8 Å². The highest BCUT2D eigenvalue weighted by Crippen LogP contribution is 2.38. The first-order chi connectivity index (χ1) is 23.9. The van der Waals surface area contributed by atoms with Crippen LogP contribution in [-0.2, 0) is 27.5 Å². The summed E-state index contributed by atoms with van der Waals surface area (Å²) in [6.45, 7) is 2.90. The smallest absolute Gasteiger partial charge is 0.332 e. The van der Waals surface area contributed by atoms with Crippen molar-refractivity contribution in [3.05, 3.63) is 83.8 Å². The maximum atomic E-state index is 13.0. The van der Waals surface area contributed by atoms with Gasteiger partial charge < -0.3 is 37.3 Å². The molecule has 4 heterocycles. The maximum absolute atomic E-state index is 13.0. The Balaban J connectivity index is 1.23. The highest BCUT2D eigenvalue weighted by atomic mass is 16.6. The monoisotopic (exact) mass is 670 g/mol. The molecule has 15 nitrogen and oxygen atoms in total. The molecule has 0 saturated carbocycles. The highest BCUT2D eigenvalue weighted by Gasteiger charge is 2.26. The van der Waals surface area contributed by atoms with Crippen molar-refractivity contribution < 1.29 is 42.1 Å². The number of ether oxygens (including phenoxy) is 6. The van der Waals surface area contributed by atoms with Gasteiger partial charge in [0.2, 0.25) is 11.6 Å². The van der Waals surface area contributed by atoms with E-state index in [-0.39, 0.29) is 13.2 Å². The van der Waals surface area contributed by atoms with Crippen molar-refractivity contribution in [2.75, 3.05) is 35.0 Å². The first kappa shape index (κ1) is 32.8. The molecule has 0 N–H and O–H groups in total. The number of esters is 1. The number of furan rings is 2. The number of para-hydroxylation sites is 2. The van der Waals surface area contributed by atoms with E-state index in [4.69, 9.17) is 37.3 Å². The standard InChI is InChI=1S/C34H34N6O9/c1-20-13-15-26(48-20)33-37-35-28(39(33)31-22(42-3)9-7-10-23(31)43-4)17-46-19-30(41)47-18-29-36-38-34(27-16-14-21(2)49-27)40(29)32-24(44-5)11-8-12-25(32)45-6/h7-16H,17-19H2,1-6H3. The highest BCUT2D eigenvalue weighted by molar-refractivity contribution is 5.71. The molecule has 0 aliphatic heterocycles. The lowest BCUT2D eigenvalue weighted by atomic mass is 10.2. The van der Waals surface area contributed by atoms with Gasteiger partial charge >= 0.3 is 5.97 Å². The van der Waals surface area contributed by atoms with E-state index in [1.54, 1.807) is 86.1 Å². The fourth-order valence-corrected chi connectivity index (χ4v) is 5.24. The summed E-state index contributed by atoms with van der Waals surface area (Å²) in [6.07, 6.45) is 0. The molecule has 0 fully saturated rings. The van der Waals surface area contributed by atoms with Gasteiger partial charge in [0.1, 0.15) is 59.1 Å². The van der Waals surface area contributed by atoms with E-state index in [2.05, 4.69) is 20.4 Å². The summed E-state index contributed by atoms with van der Waals surface area (Å²) < 4.78 is 49.0. The van der Waals surface area contributed by atoms with Crippen molar-refractivity contribution in [1.29, 1.82) is 0 Å². The largest absolute Gasteiger partial charge is 0.494 e. The number of methoxy groups -OCH3 is 4. The Morgan fingerprint density at radius 1 is 0.612 bits per heavy atom. The molecular weight excluding hydrogens is 636 g/mol. The summed E-state index contributed by atoms with van der Waals surface area (Å²) in [6, 6.07) is 17.9. The SMILES string of the molecule is COc1cccc(OC)c1-n1c(COCC(=O)OCc2nnc(-c3ccc(C)o3)n2-c2c(OC)cccc2OC)nnc1-c1ccc(C)o1. The zero-order valence-electron chi connectivity index (χ0n) is 27.8. The lowest BCUT2D eigenvalue weighted by Gasteiger charge is -2.17. The summed E-state index contributed by atoms with van der Waals surface area (Å²) in [5.74, 6) is 5.06. The molecule has 6 rings (SSSR count). The van der Waals surface area contributed by atoms with Crippen LogP contribution >= 0.6 is 0 Å². The van der Waals surface area contributed by atoms with Crippen LogP contribution in [0.15, 0.2) is 69.5 Å². The number of nitrogens with zero attached hydrogens (tertiary/aromatic N) is 6. The third kappa shape index (κ3) is 6.56. The Morgan fingerprint density at radius 3 is 1.43 bits per heavy atom. The Kier molecular flexibility index (Phi) is 9.62. The number of hydrogen-bond acceptors (Lipinski definition) is 13. The van der Waals surface area contributed by atoms with Crippen LogP contribution in [0.3, 0.4) is 0 Å². The van der Waals surface area contributed by atoms with Crippen molar-refractivity contribution in [3.8, 4) is 57.5 Å². The molecule has 15 heteroatoms. The normalized spacial score (nSPS) is 11.1. The van der Waals surface area contributed by atoms with Crippen molar-refractivity contribution in [2.24, 2.45) is 0 Å². The molecule has 6 aromatic rings. The van der Waals surface area contributed by atoms with Crippen LogP contribution < -0.4 is 18.9 Å². The maximum Gasteiger partial charge on any atom is 0.332 e. The molecule has 4 aromatic heterocycles. The van der Waals surface area contributed by atoms with Crippen LogP contribution in [0, 0.1) is 13.8 Å². The minimum atomic E-state index is -0.653. The molecule has 0 spiro atoms. The van der Waals surface area contributed by atoms with Crippen LogP contribution in [0.2, 0.25) is 0 Å². The molecule has 0 bridgehead atoms. The van der Waals surface area contributed by atoms with E-state index in [0.717, 1.165) is 0 Å². The number of aromatic nitrogens is 6. The number of benzene rings is 2. The summed E-state index contributed by atoms with van der Waals surface area (Å²) in [7, 11) is 6.18. The molecule has 2 aromatic carbocycles. The van der Waals surface area contributed by atoms with Crippen molar-refractivity contribution in [2.45, 2.75) is 27.1 Å². The first-order valence-corrected chi connectivity index (χ1v) is 15.0. The molecule has 49 heavy (non-hydrogen) atoms. The number of rotatable bonds is 14. The van der Waals surface area contributed by atoms with Gasteiger partial charge in [0.25, 0.3) is 0 Å². The van der Waals surface area contributed by atoms with E-state index in [9.17, 15) is 4.79 Å². The minimum Gasteiger partial charge on any atom is -0.494 e. The minimum absolute atomic E-state index is 0.112. The number of carbonyl (C=O) groups is 1. The average molecular weight is 671 g/mol. The molecule has 0 unspecified atom stereocenters. The Hall–Kier alpha value is -6.09. The molecular formula is C34H34N6O9. The fraction of sp³-hybridized carbons (Fsp3) is 0.265. The van der Waals surface area contributed by atoms with Gasteiger partial charge in [0, 0.05) is 0 Å². The quantitative estimate of drug-likeness (QED) is 0.138. The summed E-state index contributed by atoms with van der Waals surface area (Å²) in [5.41, 5.74) is 1.05. The second-order valence-corrected chi connectivity index (χ2v) is 10.5. The Labute approximate surface area is 280 Å². The van der Waals surface area contributed by atoms with Gasteiger partial charge in [-0.25, -0.2) is 4.79 Å². The average Bonchev–Trinajstić information content (AvgIpc) is 3.93. The molecule has 0 saturated heterocycles. The third-order valence-electron chi connectivity index (χ3n) is 7.45. The molecule has 0 aliphatic rings. The van der Waals surface area contributed by atoms with Gasteiger partial charge in [0.05, 0.1) is 28.4 Å². The number of aryl methyl sites for hydroxylation is 2. The van der Waals surface area contributed by atoms with Crippen LogP contribution in [0.4, 0.5) is 0 Å². The summed E-state index contributed by atoms with van der Waals surface area (Å²) in [5, 5.41) is 17.4. The summed E-state index contributed by atoms with van der Waals surface area (Å²) in [4.78, 5) is 13.0. The number of carbonyl (C=O) groups excluding carboxylic acids is 1. The molecule has 254 valence electrons. The van der Waals surface area contributed by atoms with Crippen molar-refractivity contribution in [3.63, 3.8) is 0 Å². The predicted molar refractivity (Wildman–Crippen MR) is 173 cm³/mol. The van der Waals surface area contributed by atoms with Crippen molar-refractivity contribution in [1.82, 2.24) is 29.5 Å². The van der Waals surface area contributed by atoms with E-state index in [1.807, 2.05) is 26.0 Å². The lowest BCUT2D eigenvalue weighted by Crippen LogP contribution is -2.16. The van der Waals surface area contributed by atoms with E-state index < -0.39 is 12.6 Å². The molecule has 0 aliphatic carbocycles. The van der Waals surface area contributed by atoms with Crippen LogP contribution in [0.25, 0.3) is 34.5 Å². The molecule has 0 radical (unpaired) electrons. The second kappa shape index (κ2) is 14.4. The lowest BCUT2D eigenvalue weighted by molar-refractivity contribution is -0.151. The van der Waals surface area contributed by atoms with Crippen LogP contribution in [-0.4, -0.2) is 70.5 Å². The van der Waals surface area contributed by atoms with Gasteiger partial charge in [-0.1, -0.05) is 12.1 Å². The van der Waals surface area contributed by atoms with E-state index in [0.29, 0.717) is 80.7 Å². The van der Waals surface area contributed by atoms with Gasteiger partial charge in [-0.15, -0.1) is 20.4 Å². The van der Waals surface area contributed by atoms with Crippen LogP contribution in [0.1, 0.15) is 23.2 Å². The summed E-state index contributed by atoms with van der Waals surface area (Å²) >= 11 is 0. The topological polar surface area (TPSA) is 160 Å². The van der Waals surface area contributed by atoms with Gasteiger partial charge in [-0.2, -0.15) is 0 Å². The number of hydrogen-bond donors (Lipinski definition) is 0. The Morgan fingerprint density at radius 2 is 1.04 bits per heavy atom. The molecule has 0 atom stereocenters.